The highest BCUT2D eigenvalue weighted by molar-refractivity contribution is 5.94. The van der Waals surface area contributed by atoms with Crippen molar-refractivity contribution >= 4 is 11.5 Å². The molecule has 0 aliphatic carbocycles. The van der Waals surface area contributed by atoms with E-state index in [9.17, 15) is 9.18 Å². The van der Waals surface area contributed by atoms with Gasteiger partial charge in [0.15, 0.2) is 0 Å². The summed E-state index contributed by atoms with van der Waals surface area (Å²) in [6, 6.07) is 7.84. The molecule has 0 fully saturated rings. The van der Waals surface area contributed by atoms with Crippen LogP contribution in [0.3, 0.4) is 0 Å². The lowest BCUT2D eigenvalue weighted by Crippen LogP contribution is -2.30. The van der Waals surface area contributed by atoms with Crippen LogP contribution < -0.4 is 5.32 Å². The van der Waals surface area contributed by atoms with E-state index in [1.807, 2.05) is 6.07 Å². The third kappa shape index (κ3) is 4.38. The largest absolute Gasteiger partial charge is 0.349 e. The minimum Gasteiger partial charge on any atom is -0.349 e. The van der Waals surface area contributed by atoms with Gasteiger partial charge in [-0.2, -0.15) is 5.26 Å². The average Bonchev–Trinajstić information content (AvgIpc) is 2.28. The van der Waals surface area contributed by atoms with Crippen molar-refractivity contribution in [3.63, 3.8) is 0 Å². The monoisotopic (exact) mass is 246 g/mol. The van der Waals surface area contributed by atoms with E-state index in [1.54, 1.807) is 26.0 Å². The van der Waals surface area contributed by atoms with Gasteiger partial charge in [-0.05, 0) is 37.1 Å². The van der Waals surface area contributed by atoms with Crippen LogP contribution >= 0.6 is 0 Å². The lowest BCUT2D eigenvalue weighted by molar-refractivity contribution is -0.117. The lowest BCUT2D eigenvalue weighted by atomic mass is 10.1. The fraction of sp³-hybridized carbons (Fsp3) is 0.286. The summed E-state index contributed by atoms with van der Waals surface area (Å²) < 4.78 is 13.0. The number of hydrogen-bond donors (Lipinski definition) is 1. The molecule has 0 aromatic heterocycles. The van der Waals surface area contributed by atoms with Crippen molar-refractivity contribution in [2.45, 2.75) is 26.3 Å². The van der Waals surface area contributed by atoms with Crippen molar-refractivity contribution in [3.05, 3.63) is 41.7 Å². The number of allylic oxidation sites excluding steroid dienone is 1. The molecule has 0 aliphatic heterocycles. The highest BCUT2D eigenvalue weighted by atomic mass is 19.1. The number of nitrogens with zero attached hydrogens (tertiary/aromatic N) is 1. The average molecular weight is 246 g/mol. The number of halogens is 1. The molecule has 0 spiro atoms. The maximum atomic E-state index is 13.0. The second-order valence-corrected chi connectivity index (χ2v) is 4.11. The Morgan fingerprint density at radius 2 is 2.33 bits per heavy atom. The second kappa shape index (κ2) is 6.55. The molecule has 0 aliphatic rings. The summed E-state index contributed by atoms with van der Waals surface area (Å²) in [5.41, 5.74) is 1.34. The fourth-order valence-corrected chi connectivity index (χ4v) is 1.49. The van der Waals surface area contributed by atoms with E-state index in [4.69, 9.17) is 5.26 Å². The highest BCUT2D eigenvalue weighted by Gasteiger charge is 2.05. The molecule has 1 rings (SSSR count). The first-order chi connectivity index (χ1) is 8.52. The molecule has 0 heterocycles. The van der Waals surface area contributed by atoms with Gasteiger partial charge < -0.3 is 5.32 Å². The number of carbonyl (C=O) groups is 1. The first-order valence-electron chi connectivity index (χ1n) is 5.64. The summed E-state index contributed by atoms with van der Waals surface area (Å²) in [5.74, 6) is -0.613. The molecule has 1 aromatic carbocycles. The summed E-state index contributed by atoms with van der Waals surface area (Å²) in [6.45, 7) is 3.50. The lowest BCUT2D eigenvalue weighted by Gasteiger charge is -2.08. The van der Waals surface area contributed by atoms with Crippen molar-refractivity contribution in [3.8, 4) is 6.07 Å². The Balaban J connectivity index is 2.72. The first kappa shape index (κ1) is 13.9. The van der Waals surface area contributed by atoms with Gasteiger partial charge in [-0.3, -0.25) is 4.79 Å². The number of hydrogen-bond acceptors (Lipinski definition) is 2. The Kier molecular flexibility index (Phi) is 5.06. The van der Waals surface area contributed by atoms with E-state index >= 15 is 0 Å². The van der Waals surface area contributed by atoms with Crippen LogP contribution in [0.25, 0.3) is 5.57 Å². The van der Waals surface area contributed by atoms with E-state index in [-0.39, 0.29) is 24.2 Å². The first-order valence-corrected chi connectivity index (χ1v) is 5.64. The summed E-state index contributed by atoms with van der Waals surface area (Å²) in [7, 11) is 0. The second-order valence-electron chi connectivity index (χ2n) is 4.11. The number of benzene rings is 1. The van der Waals surface area contributed by atoms with E-state index in [2.05, 4.69) is 5.32 Å². The van der Waals surface area contributed by atoms with Crippen molar-refractivity contribution in [2.75, 3.05) is 0 Å². The zero-order valence-corrected chi connectivity index (χ0v) is 10.4. The number of amides is 1. The normalized spacial score (nSPS) is 12.7. The quantitative estimate of drug-likeness (QED) is 0.830. The Morgan fingerprint density at radius 3 is 2.94 bits per heavy atom. The van der Waals surface area contributed by atoms with Crippen molar-refractivity contribution in [1.82, 2.24) is 5.32 Å². The predicted octanol–water partition coefficient (Wildman–Crippen LogP) is 2.65. The van der Waals surface area contributed by atoms with Gasteiger partial charge in [0.2, 0.25) is 5.91 Å². The van der Waals surface area contributed by atoms with Crippen molar-refractivity contribution < 1.29 is 9.18 Å². The van der Waals surface area contributed by atoms with Gasteiger partial charge in [0.05, 0.1) is 12.5 Å². The standard InChI is InChI=1S/C14H15FN2O/c1-10(12-4-3-5-13(15)9-12)8-14(18)17-11(2)6-7-16/h3-5,8-9,11H,6H2,1-2H3,(H,17,18)/b10-8+/t11-/m1/s1. The summed E-state index contributed by atoms with van der Waals surface area (Å²) in [6.07, 6.45) is 1.67. The smallest absolute Gasteiger partial charge is 0.244 e. The number of nitriles is 1. The molecule has 4 heteroatoms. The van der Waals surface area contributed by atoms with Gasteiger partial charge in [-0.1, -0.05) is 12.1 Å². The van der Waals surface area contributed by atoms with Gasteiger partial charge >= 0.3 is 0 Å². The summed E-state index contributed by atoms with van der Waals surface area (Å²) in [4.78, 5) is 11.6. The third-order valence-corrected chi connectivity index (χ3v) is 2.41. The number of nitrogens with one attached hydrogen (secondary N) is 1. The van der Waals surface area contributed by atoms with Gasteiger partial charge in [0.1, 0.15) is 5.82 Å². The fourth-order valence-electron chi connectivity index (χ4n) is 1.49. The number of carbonyl (C=O) groups excluding carboxylic acids is 1. The van der Waals surface area contributed by atoms with E-state index in [0.29, 0.717) is 11.1 Å². The molecule has 0 saturated heterocycles. The summed E-state index contributed by atoms with van der Waals surface area (Å²) >= 11 is 0. The summed E-state index contributed by atoms with van der Waals surface area (Å²) in [5, 5.41) is 11.1. The van der Waals surface area contributed by atoms with E-state index < -0.39 is 0 Å². The zero-order valence-electron chi connectivity index (χ0n) is 10.4. The van der Waals surface area contributed by atoms with E-state index in [1.165, 1.54) is 18.2 Å². The maximum Gasteiger partial charge on any atom is 0.244 e. The highest BCUT2D eigenvalue weighted by Crippen LogP contribution is 2.14. The molecule has 0 bridgehead atoms. The molecule has 1 atom stereocenters. The van der Waals surface area contributed by atoms with Crippen LogP contribution in [-0.2, 0) is 4.79 Å². The Morgan fingerprint density at radius 1 is 1.61 bits per heavy atom. The Bertz CT molecular complexity index is 503. The Hall–Kier alpha value is -2.15. The topological polar surface area (TPSA) is 52.9 Å². The van der Waals surface area contributed by atoms with Gasteiger partial charge in [-0.15, -0.1) is 0 Å². The van der Waals surface area contributed by atoms with Gasteiger partial charge in [-0.25, -0.2) is 4.39 Å². The van der Waals surface area contributed by atoms with Crippen LogP contribution in [0, 0.1) is 17.1 Å². The zero-order chi connectivity index (χ0) is 13.5. The molecule has 3 nitrogen and oxygen atoms in total. The van der Waals surface area contributed by atoms with E-state index in [0.717, 1.165) is 0 Å². The molecular formula is C14H15FN2O. The van der Waals surface area contributed by atoms with Crippen LogP contribution in [0.4, 0.5) is 4.39 Å². The SMILES string of the molecule is C/C(=C\C(=O)N[C@H](C)CC#N)c1cccc(F)c1. The van der Waals surface area contributed by atoms with Crippen LogP contribution in [0.5, 0.6) is 0 Å². The van der Waals surface area contributed by atoms with Gasteiger partial charge in [0.25, 0.3) is 0 Å². The molecule has 0 saturated carbocycles. The van der Waals surface area contributed by atoms with Crippen molar-refractivity contribution in [1.29, 1.82) is 5.26 Å². The number of rotatable bonds is 4. The van der Waals surface area contributed by atoms with Crippen LogP contribution in [0.15, 0.2) is 30.3 Å². The minimum atomic E-state index is -0.335. The molecule has 94 valence electrons. The molecule has 0 unspecified atom stereocenters. The third-order valence-electron chi connectivity index (χ3n) is 2.41. The molecule has 18 heavy (non-hydrogen) atoms. The Labute approximate surface area is 106 Å². The van der Waals surface area contributed by atoms with Crippen LogP contribution in [-0.4, -0.2) is 11.9 Å². The van der Waals surface area contributed by atoms with Crippen LogP contribution in [0.2, 0.25) is 0 Å². The molecule has 1 N–H and O–H groups in total. The maximum absolute atomic E-state index is 13.0. The van der Waals surface area contributed by atoms with Gasteiger partial charge in [0, 0.05) is 12.1 Å². The molecule has 1 amide bonds. The van der Waals surface area contributed by atoms with Crippen LogP contribution in [0.1, 0.15) is 25.8 Å². The van der Waals surface area contributed by atoms with Crippen molar-refractivity contribution in [2.24, 2.45) is 0 Å². The molecule has 1 aromatic rings. The molecular weight excluding hydrogens is 231 g/mol. The predicted molar refractivity (Wildman–Crippen MR) is 67.9 cm³/mol. The molecule has 0 radical (unpaired) electrons. The minimum absolute atomic E-state index is 0.195.